The molecule has 0 aliphatic carbocycles. The van der Waals surface area contributed by atoms with Crippen LogP contribution in [0.3, 0.4) is 0 Å². The van der Waals surface area contributed by atoms with Crippen molar-refractivity contribution in [3.05, 3.63) is 35.6 Å². The second kappa shape index (κ2) is 13.3. The van der Waals surface area contributed by atoms with Crippen LogP contribution in [0.15, 0.2) is 24.3 Å². The molecule has 0 spiro atoms. The van der Waals surface area contributed by atoms with E-state index in [1.54, 1.807) is 32.9 Å². The summed E-state index contributed by atoms with van der Waals surface area (Å²) in [6.07, 6.45) is 0. The van der Waals surface area contributed by atoms with Crippen LogP contribution in [-0.2, 0) is 35.3 Å². The Bertz CT molecular complexity index is 846. The molecule has 1 aromatic carbocycles. The molecule has 184 valence electrons. The maximum Gasteiger partial charge on any atom is 0.331 e. The number of carbonyl (C=O) groups excluding carboxylic acids is 4. The molecule has 2 unspecified atom stereocenters. The van der Waals surface area contributed by atoms with E-state index in [2.05, 4.69) is 10.6 Å². The highest BCUT2D eigenvalue weighted by molar-refractivity contribution is 8.14. The predicted octanol–water partition coefficient (Wildman–Crippen LogP) is 2.59. The van der Waals surface area contributed by atoms with Crippen LogP contribution in [0.1, 0.15) is 47.1 Å². The molecule has 0 saturated heterocycles. The van der Waals surface area contributed by atoms with E-state index in [4.69, 9.17) is 9.47 Å². The zero-order valence-corrected chi connectivity index (χ0v) is 20.7. The summed E-state index contributed by atoms with van der Waals surface area (Å²) in [5.41, 5.74) is -0.811. The minimum atomic E-state index is -1.38. The number of hydrogen-bond donors (Lipinski definition) is 2. The lowest BCUT2D eigenvalue weighted by Gasteiger charge is -2.30. The van der Waals surface area contributed by atoms with Gasteiger partial charge in [0.25, 0.3) is 0 Å². The molecule has 8 nitrogen and oxygen atoms in total. The number of amides is 2. The van der Waals surface area contributed by atoms with E-state index in [-0.39, 0.29) is 30.9 Å². The smallest absolute Gasteiger partial charge is 0.331 e. The number of thioether (sulfide) groups is 1. The van der Waals surface area contributed by atoms with Gasteiger partial charge in [0, 0.05) is 6.92 Å². The molecule has 33 heavy (non-hydrogen) atoms. The predicted molar refractivity (Wildman–Crippen MR) is 124 cm³/mol. The molecular formula is C23H33FN2O6S. The van der Waals surface area contributed by atoms with Crippen LogP contribution in [0.5, 0.6) is 0 Å². The third-order valence-corrected chi connectivity index (χ3v) is 5.82. The van der Waals surface area contributed by atoms with Crippen molar-refractivity contribution in [2.45, 2.75) is 65.0 Å². The van der Waals surface area contributed by atoms with Gasteiger partial charge in [0.15, 0.2) is 11.2 Å². The van der Waals surface area contributed by atoms with Gasteiger partial charge >= 0.3 is 5.97 Å². The Morgan fingerprint density at radius 2 is 1.85 bits per heavy atom. The van der Waals surface area contributed by atoms with Crippen LogP contribution >= 0.6 is 11.8 Å². The number of ether oxygens (including phenoxy) is 2. The van der Waals surface area contributed by atoms with Crippen molar-refractivity contribution in [2.24, 2.45) is 5.92 Å². The molecule has 0 bridgehead atoms. The fraction of sp³-hybridized carbons (Fsp3) is 0.565. The Hall–Kier alpha value is -2.46. The van der Waals surface area contributed by atoms with E-state index >= 15 is 0 Å². The highest BCUT2D eigenvalue weighted by atomic mass is 32.2. The maximum absolute atomic E-state index is 13.3. The van der Waals surface area contributed by atoms with E-state index in [1.807, 2.05) is 0 Å². The summed E-state index contributed by atoms with van der Waals surface area (Å²) in [4.78, 5) is 49.4. The lowest BCUT2D eigenvalue weighted by molar-refractivity contribution is -0.150. The van der Waals surface area contributed by atoms with Gasteiger partial charge in [0.1, 0.15) is 11.4 Å². The first-order chi connectivity index (χ1) is 15.4. The molecule has 1 rings (SSSR count). The fourth-order valence-corrected chi connectivity index (χ4v) is 3.57. The average molecular weight is 485 g/mol. The first kappa shape index (κ1) is 28.6. The van der Waals surface area contributed by atoms with Crippen LogP contribution in [0.25, 0.3) is 0 Å². The molecule has 2 atom stereocenters. The van der Waals surface area contributed by atoms with E-state index in [0.717, 1.165) is 11.8 Å². The zero-order chi connectivity index (χ0) is 25.2. The molecule has 0 saturated carbocycles. The summed E-state index contributed by atoms with van der Waals surface area (Å²) in [5, 5.41) is 4.33. The SMILES string of the molecule is CCOC(=O)C(COCc1cccc(F)c1)NC(=O)C(C)(C)NC(=O)C(SC(C)=O)C(C)C. The van der Waals surface area contributed by atoms with Gasteiger partial charge in [-0.05, 0) is 44.4 Å². The molecule has 0 radical (unpaired) electrons. The Labute approximate surface area is 198 Å². The standard InChI is InChI=1S/C23H33FN2O6S/c1-7-32-21(29)18(13-31-12-16-9-8-10-17(24)11-16)25-22(30)23(5,6)26-20(28)19(14(2)3)33-15(4)27/h8-11,14,18-19H,7,12-13H2,1-6H3,(H,25,30)(H,26,28). The molecule has 1 aromatic rings. The Kier molecular flexibility index (Phi) is 11.5. The molecule has 2 amide bonds. The molecule has 10 heteroatoms. The van der Waals surface area contributed by atoms with E-state index in [9.17, 15) is 23.6 Å². The van der Waals surface area contributed by atoms with Crippen LogP contribution < -0.4 is 10.6 Å². The first-order valence-corrected chi connectivity index (χ1v) is 11.5. The summed E-state index contributed by atoms with van der Waals surface area (Å²) < 4.78 is 23.8. The number of esters is 1. The van der Waals surface area contributed by atoms with E-state index in [1.165, 1.54) is 32.9 Å². The number of hydrogen-bond acceptors (Lipinski definition) is 7. The monoisotopic (exact) mass is 484 g/mol. The minimum absolute atomic E-state index is 0.0298. The van der Waals surface area contributed by atoms with Crippen molar-refractivity contribution >= 4 is 34.7 Å². The van der Waals surface area contributed by atoms with Gasteiger partial charge in [-0.1, -0.05) is 37.7 Å². The molecule has 2 N–H and O–H groups in total. The third-order valence-electron chi connectivity index (χ3n) is 4.48. The summed E-state index contributed by atoms with van der Waals surface area (Å²) in [5.74, 6) is -2.33. The van der Waals surface area contributed by atoms with Crippen molar-refractivity contribution in [3.63, 3.8) is 0 Å². The van der Waals surface area contributed by atoms with Crippen molar-refractivity contribution in [1.82, 2.24) is 10.6 Å². The van der Waals surface area contributed by atoms with Crippen molar-refractivity contribution in [2.75, 3.05) is 13.2 Å². The number of halogens is 1. The first-order valence-electron chi connectivity index (χ1n) is 10.7. The largest absolute Gasteiger partial charge is 0.464 e. The molecule has 0 aliphatic rings. The normalized spacial score (nSPS) is 13.2. The van der Waals surface area contributed by atoms with Crippen LogP contribution in [0.4, 0.5) is 4.39 Å². The number of rotatable bonds is 12. The van der Waals surface area contributed by atoms with Gasteiger partial charge in [0.05, 0.1) is 25.1 Å². The number of benzene rings is 1. The second-order valence-corrected chi connectivity index (χ2v) is 9.63. The average Bonchev–Trinajstić information content (AvgIpc) is 2.70. The van der Waals surface area contributed by atoms with Gasteiger partial charge in [-0.15, -0.1) is 0 Å². The van der Waals surface area contributed by atoms with Crippen LogP contribution in [0, 0.1) is 11.7 Å². The second-order valence-electron chi connectivity index (χ2n) is 8.31. The summed E-state index contributed by atoms with van der Waals surface area (Å²) in [7, 11) is 0. The molecular weight excluding hydrogens is 451 g/mol. The third kappa shape index (κ3) is 9.91. The fourth-order valence-electron chi connectivity index (χ4n) is 2.78. The number of carbonyl (C=O) groups is 4. The van der Waals surface area contributed by atoms with Crippen molar-refractivity contribution < 1.29 is 33.0 Å². The lowest BCUT2D eigenvalue weighted by atomic mass is 10.0. The van der Waals surface area contributed by atoms with Gasteiger partial charge in [-0.2, -0.15) is 0 Å². The van der Waals surface area contributed by atoms with Gasteiger partial charge in [-0.3, -0.25) is 14.4 Å². The lowest BCUT2D eigenvalue weighted by Crippen LogP contribution is -2.60. The van der Waals surface area contributed by atoms with E-state index < -0.39 is 40.4 Å². The molecule has 0 fully saturated rings. The van der Waals surface area contributed by atoms with Gasteiger partial charge in [0.2, 0.25) is 11.8 Å². The Morgan fingerprint density at radius 1 is 1.18 bits per heavy atom. The molecule has 0 heterocycles. The van der Waals surface area contributed by atoms with Gasteiger partial charge < -0.3 is 20.1 Å². The van der Waals surface area contributed by atoms with Crippen LogP contribution in [0.2, 0.25) is 0 Å². The summed E-state index contributed by atoms with van der Waals surface area (Å²) in [6.45, 7) is 9.53. The van der Waals surface area contributed by atoms with Gasteiger partial charge in [-0.25, -0.2) is 9.18 Å². The van der Waals surface area contributed by atoms with Crippen LogP contribution in [-0.4, -0.2) is 52.9 Å². The van der Waals surface area contributed by atoms with E-state index in [0.29, 0.717) is 5.56 Å². The summed E-state index contributed by atoms with van der Waals surface area (Å²) in [6, 6.07) is 4.69. The van der Waals surface area contributed by atoms with Crippen molar-refractivity contribution in [1.29, 1.82) is 0 Å². The Balaban J connectivity index is 2.83. The molecule has 0 aliphatic heterocycles. The quantitative estimate of drug-likeness (QED) is 0.439. The number of nitrogens with one attached hydrogen (secondary N) is 2. The minimum Gasteiger partial charge on any atom is -0.464 e. The highest BCUT2D eigenvalue weighted by Crippen LogP contribution is 2.21. The zero-order valence-electron chi connectivity index (χ0n) is 19.9. The summed E-state index contributed by atoms with van der Waals surface area (Å²) >= 11 is 0.900. The van der Waals surface area contributed by atoms with Crippen molar-refractivity contribution in [3.8, 4) is 0 Å². The highest BCUT2D eigenvalue weighted by Gasteiger charge is 2.36. The topological polar surface area (TPSA) is 111 Å². The molecule has 0 aromatic heterocycles. The maximum atomic E-state index is 13.3. The Morgan fingerprint density at radius 3 is 2.39 bits per heavy atom.